The second-order valence-electron chi connectivity index (χ2n) is 9.86. The molecular formula is C25H31FN8O3. The molecule has 11 nitrogen and oxygen atoms in total. The average Bonchev–Trinajstić information content (AvgIpc) is 3.36. The number of nitrogens with zero attached hydrogens (tertiary/aromatic N) is 4. The maximum Gasteiger partial charge on any atom is 0.407 e. The van der Waals surface area contributed by atoms with Crippen LogP contribution in [-0.2, 0) is 4.74 Å². The molecule has 0 saturated heterocycles. The zero-order valence-electron chi connectivity index (χ0n) is 21.0. The average molecular weight is 511 g/mol. The lowest BCUT2D eigenvalue weighted by Gasteiger charge is -2.34. The smallest absolute Gasteiger partial charge is 0.407 e. The Balaban J connectivity index is 1.57. The number of benzene rings is 1. The molecule has 37 heavy (non-hydrogen) atoms. The first-order valence-electron chi connectivity index (χ1n) is 12.1. The molecule has 2 amide bonds. The monoisotopic (exact) mass is 510 g/mol. The van der Waals surface area contributed by atoms with E-state index in [4.69, 9.17) is 10.5 Å². The fourth-order valence-electron chi connectivity index (χ4n) is 4.18. The van der Waals surface area contributed by atoms with Crippen LogP contribution in [0.3, 0.4) is 0 Å². The molecule has 2 heterocycles. The quantitative estimate of drug-likeness (QED) is 0.374. The van der Waals surface area contributed by atoms with E-state index >= 15 is 4.39 Å². The van der Waals surface area contributed by atoms with Crippen LogP contribution in [0.5, 0.6) is 0 Å². The first-order valence-corrected chi connectivity index (χ1v) is 12.1. The van der Waals surface area contributed by atoms with E-state index in [1.54, 1.807) is 51.4 Å². The number of anilines is 3. The van der Waals surface area contributed by atoms with Gasteiger partial charge in [-0.1, -0.05) is 18.9 Å². The van der Waals surface area contributed by atoms with Gasteiger partial charge in [-0.3, -0.25) is 4.79 Å². The number of nitrogens with two attached hydrogens (primary N) is 1. The summed E-state index contributed by atoms with van der Waals surface area (Å²) in [5, 5.41) is 17.3. The second kappa shape index (κ2) is 10.8. The fourth-order valence-corrected chi connectivity index (χ4v) is 4.18. The fraction of sp³-hybridized carbons (Fsp3) is 0.400. The van der Waals surface area contributed by atoms with Crippen LogP contribution in [0, 0.1) is 5.82 Å². The van der Waals surface area contributed by atoms with Gasteiger partial charge in [-0.25, -0.2) is 14.2 Å². The lowest BCUT2D eigenvalue weighted by atomic mass is 9.90. The highest BCUT2D eigenvalue weighted by molar-refractivity contribution is 5.98. The summed E-state index contributed by atoms with van der Waals surface area (Å²) in [6, 6.07) is 7.59. The van der Waals surface area contributed by atoms with Gasteiger partial charge in [0.1, 0.15) is 11.4 Å². The van der Waals surface area contributed by atoms with Crippen molar-refractivity contribution in [1.29, 1.82) is 0 Å². The van der Waals surface area contributed by atoms with Crippen LogP contribution in [-0.4, -0.2) is 49.7 Å². The summed E-state index contributed by atoms with van der Waals surface area (Å²) >= 11 is 0. The maximum atomic E-state index is 15.1. The van der Waals surface area contributed by atoms with Crippen LogP contribution in [0.1, 0.15) is 56.8 Å². The van der Waals surface area contributed by atoms with Crippen molar-refractivity contribution >= 4 is 29.3 Å². The summed E-state index contributed by atoms with van der Waals surface area (Å²) < 4.78 is 20.4. The number of alkyl carbamates (subject to hydrolysis) is 1. The van der Waals surface area contributed by atoms with Crippen molar-refractivity contribution in [2.75, 3.05) is 10.6 Å². The molecular weight excluding hydrogens is 479 g/mol. The van der Waals surface area contributed by atoms with Gasteiger partial charge in [0.25, 0.3) is 5.91 Å². The van der Waals surface area contributed by atoms with E-state index in [2.05, 4.69) is 31.1 Å². The van der Waals surface area contributed by atoms with Crippen LogP contribution in [0.2, 0.25) is 0 Å². The minimum Gasteiger partial charge on any atom is -0.444 e. The number of aromatic nitrogens is 4. The molecule has 0 radical (unpaired) electrons. The number of rotatable bonds is 7. The number of nitrogens with one attached hydrogen (secondary N) is 3. The Bertz CT molecular complexity index is 1260. The van der Waals surface area contributed by atoms with Crippen molar-refractivity contribution < 1.29 is 18.7 Å². The topological polar surface area (TPSA) is 149 Å². The van der Waals surface area contributed by atoms with Gasteiger partial charge < -0.3 is 26.4 Å². The number of ether oxygens (including phenoxy) is 1. The van der Waals surface area contributed by atoms with E-state index in [9.17, 15) is 9.59 Å². The zero-order chi connectivity index (χ0) is 26.6. The van der Waals surface area contributed by atoms with Crippen molar-refractivity contribution in [2.45, 2.75) is 64.1 Å². The molecule has 0 unspecified atom stereocenters. The SMILES string of the molecule is CC(C)(C)OC(=O)N[C@H]1CCCC[C@H]1Nc1nc(Nc2cccc(-n3nccn3)c2)c(C(N)=O)cc1F. The number of halogens is 1. The van der Waals surface area contributed by atoms with Crippen LogP contribution < -0.4 is 21.7 Å². The summed E-state index contributed by atoms with van der Waals surface area (Å²) in [5.41, 5.74) is 6.03. The van der Waals surface area contributed by atoms with Crippen molar-refractivity contribution in [3.8, 4) is 5.69 Å². The summed E-state index contributed by atoms with van der Waals surface area (Å²) in [4.78, 5) is 30.2. The summed E-state index contributed by atoms with van der Waals surface area (Å²) in [6.45, 7) is 5.37. The van der Waals surface area contributed by atoms with E-state index in [1.165, 1.54) is 4.80 Å². The van der Waals surface area contributed by atoms with Gasteiger partial charge in [0.05, 0.1) is 29.7 Å². The largest absolute Gasteiger partial charge is 0.444 e. The molecule has 1 saturated carbocycles. The molecule has 2 atom stereocenters. The standard InChI is InChI=1S/C25H31FN8O3/c1-25(2,3)37-24(36)32-20-10-5-4-9-19(20)31-23-18(26)14-17(21(27)35)22(33-23)30-15-7-6-8-16(13-15)34-28-11-12-29-34/h6-8,11-14,19-20H,4-5,9-10H2,1-3H3,(H2,27,35)(H,32,36)(H2,30,31,33)/t19-,20+/m1/s1. The van der Waals surface area contributed by atoms with Crippen molar-refractivity contribution in [3.05, 3.63) is 54.1 Å². The molecule has 1 fully saturated rings. The Hall–Kier alpha value is -4.22. The summed E-state index contributed by atoms with van der Waals surface area (Å²) in [5.74, 6) is -1.52. The van der Waals surface area contributed by atoms with Crippen molar-refractivity contribution in [3.63, 3.8) is 0 Å². The number of amides is 2. The maximum absolute atomic E-state index is 15.1. The van der Waals surface area contributed by atoms with Crippen molar-refractivity contribution in [2.24, 2.45) is 5.73 Å². The van der Waals surface area contributed by atoms with E-state index in [0.717, 1.165) is 18.9 Å². The highest BCUT2D eigenvalue weighted by atomic mass is 19.1. The zero-order valence-corrected chi connectivity index (χ0v) is 21.0. The molecule has 0 spiro atoms. The van der Waals surface area contributed by atoms with Crippen LogP contribution in [0.25, 0.3) is 5.69 Å². The molecule has 1 aliphatic rings. The molecule has 4 rings (SSSR count). The Morgan fingerprint density at radius 3 is 2.46 bits per heavy atom. The molecule has 196 valence electrons. The van der Waals surface area contributed by atoms with Gasteiger partial charge in [-0.2, -0.15) is 15.0 Å². The summed E-state index contributed by atoms with van der Waals surface area (Å²) in [7, 11) is 0. The Morgan fingerprint density at radius 1 is 1.08 bits per heavy atom. The second-order valence-corrected chi connectivity index (χ2v) is 9.86. The van der Waals surface area contributed by atoms with Gasteiger partial charge >= 0.3 is 6.09 Å². The molecule has 1 aromatic carbocycles. The van der Waals surface area contributed by atoms with Crippen molar-refractivity contribution in [1.82, 2.24) is 25.3 Å². The number of hydrogen-bond acceptors (Lipinski definition) is 8. The Kier molecular flexibility index (Phi) is 7.55. The van der Waals surface area contributed by atoms with Gasteiger partial charge in [0.15, 0.2) is 11.6 Å². The van der Waals surface area contributed by atoms with E-state index in [0.29, 0.717) is 24.2 Å². The highest BCUT2D eigenvalue weighted by Crippen LogP contribution is 2.28. The van der Waals surface area contributed by atoms with E-state index in [-0.39, 0.29) is 29.3 Å². The number of hydrogen-bond donors (Lipinski definition) is 4. The van der Waals surface area contributed by atoms with Gasteiger partial charge in [-0.15, -0.1) is 0 Å². The normalized spacial score (nSPS) is 17.6. The molecule has 0 aliphatic heterocycles. The number of pyridine rings is 1. The third kappa shape index (κ3) is 6.72. The molecule has 1 aliphatic carbocycles. The van der Waals surface area contributed by atoms with Gasteiger partial charge in [0.2, 0.25) is 0 Å². The van der Waals surface area contributed by atoms with Crippen LogP contribution >= 0.6 is 0 Å². The third-order valence-electron chi connectivity index (χ3n) is 5.79. The lowest BCUT2D eigenvalue weighted by molar-refractivity contribution is 0.0488. The number of carbonyl (C=O) groups excluding carboxylic acids is 2. The van der Waals surface area contributed by atoms with E-state index < -0.39 is 23.4 Å². The minimum atomic E-state index is -0.826. The van der Waals surface area contributed by atoms with Gasteiger partial charge in [-0.05, 0) is 57.9 Å². The molecule has 12 heteroatoms. The first-order chi connectivity index (χ1) is 17.6. The van der Waals surface area contributed by atoms with Gasteiger partial charge in [0, 0.05) is 11.7 Å². The molecule has 2 aromatic heterocycles. The first kappa shape index (κ1) is 25.9. The molecule has 3 aromatic rings. The van der Waals surface area contributed by atoms with E-state index in [1.807, 2.05) is 6.07 Å². The number of carbonyl (C=O) groups is 2. The third-order valence-corrected chi connectivity index (χ3v) is 5.79. The summed E-state index contributed by atoms with van der Waals surface area (Å²) in [6.07, 6.45) is 5.81. The Labute approximate surface area is 214 Å². The van der Waals surface area contributed by atoms with Crippen LogP contribution in [0.15, 0.2) is 42.7 Å². The minimum absolute atomic E-state index is 0.0553. The molecule has 0 bridgehead atoms. The predicted molar refractivity (Wildman–Crippen MR) is 136 cm³/mol. The molecule has 5 N–H and O–H groups in total. The lowest BCUT2D eigenvalue weighted by Crippen LogP contribution is -2.50. The highest BCUT2D eigenvalue weighted by Gasteiger charge is 2.30. The Morgan fingerprint density at radius 2 is 1.78 bits per heavy atom. The van der Waals surface area contributed by atoms with Crippen LogP contribution in [0.4, 0.5) is 26.5 Å². The predicted octanol–water partition coefficient (Wildman–Crippen LogP) is 3.89. The number of primary amides is 1.